The number of amides is 2. The summed E-state index contributed by atoms with van der Waals surface area (Å²) in [7, 11) is 4.98. The number of carbonyl (C=O) groups excluding carboxylic acids is 2. The lowest BCUT2D eigenvalue weighted by atomic mass is 10.1. The van der Waals surface area contributed by atoms with Gasteiger partial charge in [-0.3, -0.25) is 9.59 Å². The van der Waals surface area contributed by atoms with E-state index in [9.17, 15) is 9.59 Å². The Morgan fingerprint density at radius 3 is 2.54 bits per heavy atom. The Morgan fingerprint density at radius 2 is 1.88 bits per heavy atom. The van der Waals surface area contributed by atoms with Crippen LogP contribution in [0.25, 0.3) is 0 Å². The van der Waals surface area contributed by atoms with Crippen LogP contribution in [0, 0.1) is 6.92 Å². The van der Waals surface area contributed by atoms with Crippen molar-refractivity contribution in [1.29, 1.82) is 0 Å². The Kier molecular flexibility index (Phi) is 5.87. The summed E-state index contributed by atoms with van der Waals surface area (Å²) in [5, 5.41) is 2.77. The number of methoxy groups -OCH3 is 1. The first-order valence-corrected chi connectivity index (χ1v) is 8.17. The van der Waals surface area contributed by atoms with E-state index in [1.165, 1.54) is 4.90 Å². The number of anilines is 1. The van der Waals surface area contributed by atoms with Crippen molar-refractivity contribution in [3.8, 4) is 5.75 Å². The second-order valence-electron chi connectivity index (χ2n) is 5.43. The highest BCUT2D eigenvalue weighted by molar-refractivity contribution is 8.13. The molecule has 5 nitrogen and oxygen atoms in total. The van der Waals surface area contributed by atoms with E-state index in [0.29, 0.717) is 17.0 Å². The highest BCUT2D eigenvalue weighted by Crippen LogP contribution is 2.24. The van der Waals surface area contributed by atoms with Crippen LogP contribution >= 0.6 is 11.8 Å². The van der Waals surface area contributed by atoms with E-state index < -0.39 is 0 Å². The average Bonchev–Trinajstić information content (AvgIpc) is 2.55. The van der Waals surface area contributed by atoms with E-state index in [1.807, 2.05) is 19.1 Å². The lowest BCUT2D eigenvalue weighted by Crippen LogP contribution is -2.16. The Balaban J connectivity index is 2.13. The van der Waals surface area contributed by atoms with Crippen LogP contribution in [0.2, 0.25) is 0 Å². The molecule has 0 saturated heterocycles. The highest BCUT2D eigenvalue weighted by Gasteiger charge is 2.11. The summed E-state index contributed by atoms with van der Waals surface area (Å²) >= 11 is 1.11. The van der Waals surface area contributed by atoms with Crippen LogP contribution in [0.5, 0.6) is 5.75 Å². The summed E-state index contributed by atoms with van der Waals surface area (Å²) in [6.45, 7) is 1.92. The predicted octanol–water partition coefficient (Wildman–Crippen LogP) is 4.03. The number of aryl methyl sites for hydroxylation is 1. The monoisotopic (exact) mass is 344 g/mol. The van der Waals surface area contributed by atoms with Gasteiger partial charge in [-0.25, -0.2) is 0 Å². The number of nitrogens with one attached hydrogen (secondary N) is 1. The number of hydrogen-bond donors (Lipinski definition) is 1. The molecule has 24 heavy (non-hydrogen) atoms. The quantitative estimate of drug-likeness (QED) is 0.851. The Morgan fingerprint density at radius 1 is 1.12 bits per heavy atom. The van der Waals surface area contributed by atoms with E-state index in [2.05, 4.69) is 5.32 Å². The molecule has 0 unspecified atom stereocenters. The topological polar surface area (TPSA) is 58.6 Å². The SMILES string of the molecule is COc1cc(C(=O)Nc2cccc(SC(=O)N(C)C)c2)ccc1C. The predicted molar refractivity (Wildman–Crippen MR) is 97.1 cm³/mol. The molecule has 1 N–H and O–H groups in total. The third-order valence-corrected chi connectivity index (χ3v) is 4.36. The zero-order chi connectivity index (χ0) is 17.7. The van der Waals surface area contributed by atoms with E-state index >= 15 is 0 Å². The summed E-state index contributed by atoms with van der Waals surface area (Å²) in [4.78, 5) is 26.4. The van der Waals surface area contributed by atoms with Crippen molar-refractivity contribution in [3.63, 3.8) is 0 Å². The van der Waals surface area contributed by atoms with Crippen molar-refractivity contribution in [2.24, 2.45) is 0 Å². The van der Waals surface area contributed by atoms with E-state index in [1.54, 1.807) is 51.5 Å². The number of carbonyl (C=O) groups is 2. The fourth-order valence-electron chi connectivity index (χ4n) is 1.99. The van der Waals surface area contributed by atoms with Gasteiger partial charge in [-0.1, -0.05) is 12.1 Å². The third-order valence-electron chi connectivity index (χ3n) is 3.33. The van der Waals surface area contributed by atoms with Crippen LogP contribution in [0.4, 0.5) is 10.5 Å². The number of benzene rings is 2. The molecule has 0 aromatic heterocycles. The molecule has 0 radical (unpaired) electrons. The second kappa shape index (κ2) is 7.88. The molecule has 6 heteroatoms. The molecule has 126 valence electrons. The highest BCUT2D eigenvalue weighted by atomic mass is 32.2. The van der Waals surface area contributed by atoms with Crippen LogP contribution in [0.3, 0.4) is 0 Å². The van der Waals surface area contributed by atoms with Crippen molar-refractivity contribution < 1.29 is 14.3 Å². The molecular formula is C18H20N2O3S. The third kappa shape index (κ3) is 4.52. The van der Waals surface area contributed by atoms with Crippen molar-refractivity contribution in [2.45, 2.75) is 11.8 Å². The normalized spacial score (nSPS) is 10.2. The maximum absolute atomic E-state index is 12.4. The molecule has 2 amide bonds. The molecule has 2 aromatic carbocycles. The number of hydrogen-bond acceptors (Lipinski definition) is 4. The zero-order valence-electron chi connectivity index (χ0n) is 14.1. The smallest absolute Gasteiger partial charge is 0.285 e. The minimum atomic E-state index is -0.227. The maximum Gasteiger partial charge on any atom is 0.285 e. The lowest BCUT2D eigenvalue weighted by Gasteiger charge is -2.11. The van der Waals surface area contributed by atoms with Gasteiger partial charge in [0, 0.05) is 30.2 Å². The van der Waals surface area contributed by atoms with Crippen molar-refractivity contribution in [1.82, 2.24) is 4.90 Å². The first-order valence-electron chi connectivity index (χ1n) is 7.36. The van der Waals surface area contributed by atoms with Crippen molar-refractivity contribution >= 4 is 28.6 Å². The summed E-state index contributed by atoms with van der Waals surface area (Å²) in [5.74, 6) is 0.443. The van der Waals surface area contributed by atoms with Crippen LogP contribution in [0.15, 0.2) is 47.4 Å². The van der Waals surface area contributed by atoms with Gasteiger partial charge in [0.2, 0.25) is 0 Å². The number of nitrogens with zero attached hydrogens (tertiary/aromatic N) is 1. The number of rotatable bonds is 4. The van der Waals surface area contributed by atoms with Crippen LogP contribution in [0.1, 0.15) is 15.9 Å². The van der Waals surface area contributed by atoms with Gasteiger partial charge in [-0.15, -0.1) is 0 Å². The maximum atomic E-state index is 12.4. The van der Waals surface area contributed by atoms with E-state index in [4.69, 9.17) is 4.74 Å². The summed E-state index contributed by atoms with van der Waals surface area (Å²) in [6, 6.07) is 12.5. The van der Waals surface area contributed by atoms with Gasteiger partial charge in [0.15, 0.2) is 0 Å². The summed E-state index contributed by atoms with van der Waals surface area (Å²) < 4.78 is 5.25. The molecule has 0 fully saturated rings. The van der Waals surface area contributed by atoms with Crippen molar-refractivity contribution in [2.75, 3.05) is 26.5 Å². The van der Waals surface area contributed by atoms with Crippen LogP contribution < -0.4 is 10.1 Å². The van der Waals surface area contributed by atoms with Gasteiger partial charge in [0.25, 0.3) is 11.1 Å². The van der Waals surface area contributed by atoms with Gasteiger partial charge in [0.05, 0.1) is 7.11 Å². The second-order valence-corrected chi connectivity index (χ2v) is 6.45. The molecule has 0 heterocycles. The molecule has 0 aliphatic heterocycles. The van der Waals surface area contributed by atoms with Gasteiger partial charge in [-0.05, 0) is 54.6 Å². The number of thioether (sulfide) groups is 1. The largest absolute Gasteiger partial charge is 0.496 e. The Hall–Kier alpha value is -2.47. The molecule has 0 atom stereocenters. The molecule has 0 spiro atoms. The number of ether oxygens (including phenoxy) is 1. The summed E-state index contributed by atoms with van der Waals surface area (Å²) in [6.07, 6.45) is 0. The fourth-order valence-corrected chi connectivity index (χ4v) is 2.71. The minimum absolute atomic E-state index is 0.0678. The van der Waals surface area contributed by atoms with Crippen LogP contribution in [-0.4, -0.2) is 37.3 Å². The molecule has 0 aliphatic rings. The molecule has 0 aliphatic carbocycles. The van der Waals surface area contributed by atoms with Crippen LogP contribution in [-0.2, 0) is 0 Å². The van der Waals surface area contributed by atoms with E-state index in [0.717, 1.165) is 22.2 Å². The summed E-state index contributed by atoms with van der Waals surface area (Å²) in [5.41, 5.74) is 2.12. The molecule has 2 rings (SSSR count). The molecule has 0 saturated carbocycles. The molecular weight excluding hydrogens is 324 g/mol. The Bertz CT molecular complexity index is 760. The first-order chi connectivity index (χ1) is 11.4. The molecule has 0 bridgehead atoms. The van der Waals surface area contributed by atoms with Gasteiger partial charge < -0.3 is 15.0 Å². The minimum Gasteiger partial charge on any atom is -0.496 e. The average molecular weight is 344 g/mol. The Labute approximate surface area is 146 Å². The lowest BCUT2D eigenvalue weighted by molar-refractivity contribution is 0.102. The fraction of sp³-hybridized carbons (Fsp3) is 0.222. The van der Waals surface area contributed by atoms with Gasteiger partial charge in [0.1, 0.15) is 5.75 Å². The van der Waals surface area contributed by atoms with Crippen molar-refractivity contribution in [3.05, 3.63) is 53.6 Å². The standard InChI is InChI=1S/C18H20N2O3S/c1-12-8-9-13(10-16(12)23-4)17(21)19-14-6-5-7-15(11-14)24-18(22)20(2)3/h5-11H,1-4H3,(H,19,21). The van der Waals surface area contributed by atoms with Gasteiger partial charge in [-0.2, -0.15) is 0 Å². The first kappa shape index (κ1) is 17.9. The molecule has 2 aromatic rings. The van der Waals surface area contributed by atoms with E-state index in [-0.39, 0.29) is 11.1 Å². The zero-order valence-corrected chi connectivity index (χ0v) is 14.9. The van der Waals surface area contributed by atoms with Gasteiger partial charge >= 0.3 is 0 Å².